The van der Waals surface area contributed by atoms with Crippen LogP contribution >= 0.6 is 0 Å². The Hall–Kier alpha value is -2.02. The number of nitrogens with zero attached hydrogens (tertiary/aromatic N) is 5. The van der Waals surface area contributed by atoms with Crippen molar-refractivity contribution in [3.8, 4) is 6.07 Å². The molecule has 1 aromatic rings. The zero-order valence-corrected chi connectivity index (χ0v) is 9.87. The van der Waals surface area contributed by atoms with Gasteiger partial charge in [0.15, 0.2) is 0 Å². The van der Waals surface area contributed by atoms with Gasteiger partial charge in [0.2, 0.25) is 0 Å². The van der Waals surface area contributed by atoms with Gasteiger partial charge in [-0.25, -0.2) is 0 Å². The van der Waals surface area contributed by atoms with Gasteiger partial charge in [0.1, 0.15) is 0 Å². The molecule has 5 heteroatoms. The Morgan fingerprint density at radius 3 is 3.06 bits per heavy atom. The Balaban J connectivity index is 2.42. The van der Waals surface area contributed by atoms with Crippen molar-refractivity contribution in [3.05, 3.63) is 45.8 Å². The first-order valence-corrected chi connectivity index (χ1v) is 5.44. The number of azide groups is 1. The molecule has 0 fully saturated rings. The van der Waals surface area contributed by atoms with E-state index >= 15 is 0 Å². The Labute approximate surface area is 101 Å². The van der Waals surface area contributed by atoms with Crippen LogP contribution in [0.3, 0.4) is 0 Å². The molecule has 88 valence electrons. The smallest absolute Gasteiger partial charge is 0.0991 e. The first-order chi connectivity index (χ1) is 8.26. The lowest BCUT2D eigenvalue weighted by molar-refractivity contribution is 0.324. The summed E-state index contributed by atoms with van der Waals surface area (Å²) in [4.78, 5) is 4.85. The summed E-state index contributed by atoms with van der Waals surface area (Å²) in [6, 6.07) is 9.71. The van der Waals surface area contributed by atoms with Crippen LogP contribution in [-0.4, -0.2) is 25.0 Å². The zero-order valence-electron chi connectivity index (χ0n) is 9.87. The molecule has 0 amide bonds. The molecule has 1 aromatic carbocycles. The Morgan fingerprint density at radius 1 is 1.53 bits per heavy atom. The molecule has 17 heavy (non-hydrogen) atoms. The predicted octanol–water partition coefficient (Wildman–Crippen LogP) is 2.69. The van der Waals surface area contributed by atoms with Crippen LogP contribution in [0, 0.1) is 11.3 Å². The second-order valence-corrected chi connectivity index (χ2v) is 3.86. The van der Waals surface area contributed by atoms with E-state index in [1.54, 1.807) is 6.07 Å². The third kappa shape index (κ3) is 5.03. The predicted molar refractivity (Wildman–Crippen MR) is 66.1 cm³/mol. The highest BCUT2D eigenvalue weighted by Crippen LogP contribution is 2.07. The summed E-state index contributed by atoms with van der Waals surface area (Å²) in [5.41, 5.74) is 9.94. The van der Waals surface area contributed by atoms with Gasteiger partial charge in [-0.1, -0.05) is 17.2 Å². The third-order valence-electron chi connectivity index (χ3n) is 2.37. The minimum absolute atomic E-state index is 0.527. The monoisotopic (exact) mass is 229 g/mol. The van der Waals surface area contributed by atoms with E-state index in [-0.39, 0.29) is 0 Å². The van der Waals surface area contributed by atoms with E-state index in [4.69, 9.17) is 10.8 Å². The molecule has 0 atom stereocenters. The topological polar surface area (TPSA) is 75.8 Å². The quantitative estimate of drug-likeness (QED) is 0.325. The summed E-state index contributed by atoms with van der Waals surface area (Å²) >= 11 is 0. The molecule has 0 radical (unpaired) electrons. The van der Waals surface area contributed by atoms with Gasteiger partial charge in [-0.2, -0.15) is 5.26 Å². The van der Waals surface area contributed by atoms with Crippen molar-refractivity contribution >= 4 is 0 Å². The fraction of sp³-hybridized carbons (Fsp3) is 0.417. The summed E-state index contributed by atoms with van der Waals surface area (Å²) < 4.78 is 0. The third-order valence-corrected chi connectivity index (χ3v) is 2.37. The van der Waals surface area contributed by atoms with Gasteiger partial charge in [-0.15, -0.1) is 0 Å². The van der Waals surface area contributed by atoms with Crippen molar-refractivity contribution in [1.82, 2.24) is 4.90 Å². The van der Waals surface area contributed by atoms with Gasteiger partial charge in [-0.3, -0.25) is 0 Å². The van der Waals surface area contributed by atoms with Crippen molar-refractivity contribution in [1.29, 1.82) is 5.26 Å². The molecule has 0 heterocycles. The molecule has 0 aliphatic rings. The SMILES string of the molecule is CN(CCCN=[N+]=[N-])Cc1cccc(C#N)c1. The van der Waals surface area contributed by atoms with Crippen LogP contribution in [0.1, 0.15) is 17.5 Å². The normalized spacial score (nSPS) is 9.71. The maximum Gasteiger partial charge on any atom is 0.0991 e. The van der Waals surface area contributed by atoms with E-state index in [1.807, 2.05) is 25.2 Å². The van der Waals surface area contributed by atoms with Crippen molar-refractivity contribution in [2.24, 2.45) is 5.11 Å². The van der Waals surface area contributed by atoms with E-state index in [9.17, 15) is 0 Å². The second-order valence-electron chi connectivity index (χ2n) is 3.86. The molecule has 5 nitrogen and oxygen atoms in total. The highest BCUT2D eigenvalue weighted by atomic mass is 15.1. The fourth-order valence-corrected chi connectivity index (χ4v) is 1.59. The van der Waals surface area contributed by atoms with Crippen LogP contribution in [0.15, 0.2) is 29.4 Å². The van der Waals surface area contributed by atoms with Crippen LogP contribution in [0.5, 0.6) is 0 Å². The first kappa shape index (κ1) is 13.0. The standard InChI is InChI=1S/C12H15N5/c1-17(7-3-6-15-16-14)10-12-5-2-4-11(8-12)9-13/h2,4-5,8H,3,6-7,10H2,1H3. The molecule has 0 aliphatic heterocycles. The van der Waals surface area contributed by atoms with E-state index < -0.39 is 0 Å². The van der Waals surface area contributed by atoms with Crippen LogP contribution in [0.25, 0.3) is 10.4 Å². The van der Waals surface area contributed by atoms with Crippen molar-refractivity contribution < 1.29 is 0 Å². The lowest BCUT2D eigenvalue weighted by Gasteiger charge is -2.15. The number of hydrogen-bond donors (Lipinski definition) is 0. The zero-order chi connectivity index (χ0) is 12.5. The lowest BCUT2D eigenvalue weighted by atomic mass is 10.1. The summed E-state index contributed by atoms with van der Waals surface area (Å²) in [6.07, 6.45) is 0.846. The maximum absolute atomic E-state index is 8.79. The summed E-state index contributed by atoms with van der Waals surface area (Å²) in [6.45, 7) is 2.20. The van der Waals surface area contributed by atoms with Crippen LogP contribution < -0.4 is 0 Å². The van der Waals surface area contributed by atoms with Gasteiger partial charge < -0.3 is 4.90 Å². The van der Waals surface area contributed by atoms with Crippen LogP contribution in [-0.2, 0) is 6.54 Å². The molecule has 0 N–H and O–H groups in total. The average molecular weight is 229 g/mol. The minimum Gasteiger partial charge on any atom is -0.302 e. The molecule has 0 bridgehead atoms. The summed E-state index contributed by atoms with van der Waals surface area (Å²) in [7, 11) is 2.01. The minimum atomic E-state index is 0.527. The first-order valence-electron chi connectivity index (χ1n) is 5.44. The average Bonchev–Trinajstić information content (AvgIpc) is 2.35. The molecular weight excluding hydrogens is 214 g/mol. The van der Waals surface area contributed by atoms with Crippen molar-refractivity contribution in [2.45, 2.75) is 13.0 Å². The molecule has 0 saturated carbocycles. The molecule has 0 spiro atoms. The summed E-state index contributed by atoms with van der Waals surface area (Å²) in [5, 5.41) is 12.3. The second kappa shape index (κ2) is 7.29. The highest BCUT2D eigenvalue weighted by Gasteiger charge is 2.00. The van der Waals surface area contributed by atoms with Crippen molar-refractivity contribution in [2.75, 3.05) is 20.1 Å². The molecule has 0 aliphatic carbocycles. The molecular formula is C12H15N5. The van der Waals surface area contributed by atoms with Crippen LogP contribution in [0.2, 0.25) is 0 Å². The number of benzene rings is 1. The van der Waals surface area contributed by atoms with E-state index in [0.717, 1.165) is 25.1 Å². The van der Waals surface area contributed by atoms with Gasteiger partial charge in [0, 0.05) is 18.0 Å². The Morgan fingerprint density at radius 2 is 2.35 bits per heavy atom. The largest absolute Gasteiger partial charge is 0.302 e. The molecule has 1 rings (SSSR count). The lowest BCUT2D eigenvalue weighted by Crippen LogP contribution is -2.19. The van der Waals surface area contributed by atoms with Crippen molar-refractivity contribution in [3.63, 3.8) is 0 Å². The highest BCUT2D eigenvalue weighted by molar-refractivity contribution is 5.32. The molecule has 0 aromatic heterocycles. The molecule has 0 saturated heterocycles. The number of rotatable bonds is 6. The summed E-state index contributed by atoms with van der Waals surface area (Å²) in [5.74, 6) is 0. The molecule has 0 unspecified atom stereocenters. The fourth-order valence-electron chi connectivity index (χ4n) is 1.59. The number of nitriles is 1. The van der Waals surface area contributed by atoms with Crippen LogP contribution in [0.4, 0.5) is 0 Å². The Kier molecular flexibility index (Phi) is 5.59. The van der Waals surface area contributed by atoms with E-state index in [2.05, 4.69) is 21.0 Å². The number of hydrogen-bond acceptors (Lipinski definition) is 3. The van der Waals surface area contributed by atoms with Gasteiger partial charge in [0.05, 0.1) is 11.6 Å². The maximum atomic E-state index is 8.79. The van der Waals surface area contributed by atoms with E-state index in [0.29, 0.717) is 12.1 Å². The van der Waals surface area contributed by atoms with Gasteiger partial charge in [0.25, 0.3) is 0 Å². The van der Waals surface area contributed by atoms with E-state index in [1.165, 1.54) is 0 Å². The van der Waals surface area contributed by atoms with Gasteiger partial charge >= 0.3 is 0 Å². The Bertz CT molecular complexity index is 442. The van der Waals surface area contributed by atoms with Gasteiger partial charge in [-0.05, 0) is 43.2 Å².